The van der Waals surface area contributed by atoms with Crippen LogP contribution in [-0.2, 0) is 9.53 Å². The summed E-state index contributed by atoms with van der Waals surface area (Å²) < 4.78 is 5.19. The molecule has 0 aromatic heterocycles. The molecule has 0 aliphatic carbocycles. The van der Waals surface area contributed by atoms with Crippen molar-refractivity contribution in [1.29, 1.82) is 0 Å². The first kappa shape index (κ1) is 24.4. The van der Waals surface area contributed by atoms with Crippen LogP contribution < -0.4 is 0 Å². The fourth-order valence-corrected chi connectivity index (χ4v) is 3.05. The molecule has 0 fully saturated rings. The van der Waals surface area contributed by atoms with Crippen molar-refractivity contribution in [3.05, 3.63) is 0 Å². The second kappa shape index (κ2) is 18.2. The van der Waals surface area contributed by atoms with E-state index in [0.717, 1.165) is 19.3 Å². The molecule has 0 heterocycles. The molecule has 0 bridgehead atoms. The third-order valence-corrected chi connectivity index (χ3v) is 4.95. The lowest BCUT2D eigenvalue weighted by Crippen LogP contribution is -2.19. The molecular formula is C22H44O3. The van der Waals surface area contributed by atoms with Crippen LogP contribution in [0.25, 0.3) is 0 Å². The van der Waals surface area contributed by atoms with E-state index in [1.807, 2.05) is 13.8 Å². The zero-order valence-electron chi connectivity index (χ0n) is 17.2. The number of carbonyl (C=O) groups is 1. The molecule has 0 amide bonds. The Morgan fingerprint density at radius 3 is 1.68 bits per heavy atom. The topological polar surface area (TPSA) is 46.5 Å². The number of hydrogen-bond acceptors (Lipinski definition) is 3. The van der Waals surface area contributed by atoms with Crippen LogP contribution in [0.2, 0.25) is 0 Å². The summed E-state index contributed by atoms with van der Waals surface area (Å²) in [5.41, 5.74) is 0. The summed E-state index contributed by atoms with van der Waals surface area (Å²) in [6, 6.07) is 0. The summed E-state index contributed by atoms with van der Waals surface area (Å²) in [7, 11) is 0. The van der Waals surface area contributed by atoms with E-state index >= 15 is 0 Å². The Morgan fingerprint density at radius 1 is 0.800 bits per heavy atom. The molecule has 0 radical (unpaired) electrons. The Kier molecular flexibility index (Phi) is 17.8. The van der Waals surface area contributed by atoms with Crippen molar-refractivity contribution in [2.75, 3.05) is 0 Å². The van der Waals surface area contributed by atoms with Gasteiger partial charge in [0.15, 0.2) is 0 Å². The predicted molar refractivity (Wildman–Crippen MR) is 107 cm³/mol. The normalized spacial score (nSPS) is 13.6. The third-order valence-electron chi connectivity index (χ3n) is 4.95. The first-order chi connectivity index (χ1) is 12.1. The second-order valence-electron chi connectivity index (χ2n) is 7.60. The minimum absolute atomic E-state index is 0.0453. The van der Waals surface area contributed by atoms with Gasteiger partial charge in [-0.1, -0.05) is 97.3 Å². The van der Waals surface area contributed by atoms with Crippen molar-refractivity contribution >= 4 is 5.97 Å². The van der Waals surface area contributed by atoms with Gasteiger partial charge in [0.2, 0.25) is 0 Å². The molecular weight excluding hydrogens is 312 g/mol. The van der Waals surface area contributed by atoms with Crippen LogP contribution >= 0.6 is 0 Å². The molecule has 150 valence electrons. The number of esters is 1. The number of aliphatic hydroxyl groups excluding tert-OH is 1. The maximum Gasteiger partial charge on any atom is 0.308 e. The summed E-state index contributed by atoms with van der Waals surface area (Å²) in [6.45, 7) is 6.14. The lowest BCUT2D eigenvalue weighted by molar-refractivity contribution is -0.150. The zero-order valence-corrected chi connectivity index (χ0v) is 17.2. The van der Waals surface area contributed by atoms with Crippen LogP contribution in [0.5, 0.6) is 0 Å². The van der Waals surface area contributed by atoms with Gasteiger partial charge >= 0.3 is 5.97 Å². The van der Waals surface area contributed by atoms with Gasteiger partial charge in [0.1, 0.15) is 0 Å². The molecule has 2 atom stereocenters. The van der Waals surface area contributed by atoms with E-state index in [2.05, 4.69) is 6.92 Å². The van der Waals surface area contributed by atoms with Gasteiger partial charge in [-0.25, -0.2) is 0 Å². The van der Waals surface area contributed by atoms with Crippen LogP contribution in [0.3, 0.4) is 0 Å². The minimum Gasteiger partial charge on any atom is -0.463 e. The van der Waals surface area contributed by atoms with Gasteiger partial charge in [0.25, 0.3) is 0 Å². The summed E-state index contributed by atoms with van der Waals surface area (Å²) in [4.78, 5) is 11.6. The van der Waals surface area contributed by atoms with Crippen LogP contribution in [0.1, 0.15) is 124 Å². The van der Waals surface area contributed by atoms with Gasteiger partial charge in [-0.15, -0.1) is 0 Å². The van der Waals surface area contributed by atoms with Crippen LogP contribution in [-0.4, -0.2) is 23.3 Å². The molecule has 0 aliphatic rings. The molecule has 0 rings (SSSR count). The van der Waals surface area contributed by atoms with E-state index in [1.54, 1.807) is 0 Å². The number of hydrogen-bond donors (Lipinski definition) is 1. The van der Waals surface area contributed by atoms with Crippen LogP contribution in [0.15, 0.2) is 0 Å². The molecule has 25 heavy (non-hydrogen) atoms. The fraction of sp³-hybridized carbons (Fsp3) is 0.955. The average Bonchev–Trinajstić information content (AvgIpc) is 2.58. The fourth-order valence-electron chi connectivity index (χ4n) is 3.05. The number of rotatable bonds is 18. The molecule has 0 aromatic carbocycles. The predicted octanol–water partition coefficient (Wildman–Crippen LogP) is 6.56. The molecule has 3 heteroatoms. The monoisotopic (exact) mass is 356 g/mol. The van der Waals surface area contributed by atoms with E-state index in [-0.39, 0.29) is 18.5 Å². The highest BCUT2D eigenvalue weighted by Gasteiger charge is 2.13. The molecule has 3 nitrogen and oxygen atoms in total. The number of unbranched alkanes of at least 4 members (excludes halogenated alkanes) is 12. The van der Waals surface area contributed by atoms with Gasteiger partial charge in [-0.3, -0.25) is 4.79 Å². The van der Waals surface area contributed by atoms with Gasteiger partial charge < -0.3 is 9.84 Å². The van der Waals surface area contributed by atoms with Gasteiger partial charge in [0.05, 0.1) is 18.6 Å². The number of ether oxygens (including phenoxy) is 1. The Morgan fingerprint density at radius 2 is 1.24 bits per heavy atom. The van der Waals surface area contributed by atoms with Crippen molar-refractivity contribution in [3.63, 3.8) is 0 Å². The highest BCUT2D eigenvalue weighted by atomic mass is 16.5. The first-order valence-corrected chi connectivity index (χ1v) is 11.0. The number of aliphatic hydroxyl groups is 1. The van der Waals surface area contributed by atoms with Crippen molar-refractivity contribution in [3.8, 4) is 0 Å². The van der Waals surface area contributed by atoms with Crippen molar-refractivity contribution in [2.24, 2.45) is 0 Å². The number of carbonyl (C=O) groups excluding carboxylic acids is 1. The Labute approximate surface area is 156 Å². The van der Waals surface area contributed by atoms with Crippen molar-refractivity contribution in [2.45, 2.75) is 136 Å². The van der Waals surface area contributed by atoms with Crippen LogP contribution in [0.4, 0.5) is 0 Å². The second-order valence-corrected chi connectivity index (χ2v) is 7.60. The molecule has 2 unspecified atom stereocenters. The molecule has 0 aliphatic heterocycles. The zero-order chi connectivity index (χ0) is 18.8. The molecule has 0 saturated heterocycles. The summed E-state index contributed by atoms with van der Waals surface area (Å²) in [6.07, 6.45) is 18.3. The highest BCUT2D eigenvalue weighted by Crippen LogP contribution is 2.14. The van der Waals surface area contributed by atoms with Gasteiger partial charge in [-0.2, -0.15) is 0 Å². The van der Waals surface area contributed by atoms with Gasteiger partial charge in [0, 0.05) is 0 Å². The standard InChI is InChI=1S/C22H44O3/c1-4-6-7-8-9-10-11-12-13-14-15-16-17-18-21(23)19-22(24)25-20(3)5-2/h20-21,23H,4-19H2,1-3H3. The lowest BCUT2D eigenvalue weighted by Gasteiger charge is -2.13. The SMILES string of the molecule is CCCCCCCCCCCCCCCC(O)CC(=O)OC(C)CC. The Hall–Kier alpha value is -0.570. The first-order valence-electron chi connectivity index (χ1n) is 11.0. The van der Waals surface area contributed by atoms with E-state index in [1.165, 1.54) is 70.6 Å². The lowest BCUT2D eigenvalue weighted by atomic mass is 10.0. The molecule has 0 spiro atoms. The van der Waals surface area contributed by atoms with Crippen molar-refractivity contribution < 1.29 is 14.6 Å². The quantitative estimate of drug-likeness (QED) is 0.223. The molecule has 0 aromatic rings. The molecule has 0 saturated carbocycles. The maximum absolute atomic E-state index is 11.6. The third kappa shape index (κ3) is 18.0. The Bertz CT molecular complexity index is 291. The summed E-state index contributed by atoms with van der Waals surface area (Å²) in [5.74, 6) is -0.267. The van der Waals surface area contributed by atoms with E-state index in [9.17, 15) is 9.90 Å². The minimum atomic E-state index is -0.538. The smallest absolute Gasteiger partial charge is 0.308 e. The van der Waals surface area contributed by atoms with Crippen molar-refractivity contribution in [1.82, 2.24) is 0 Å². The Balaban J connectivity index is 3.28. The summed E-state index contributed by atoms with van der Waals surface area (Å²) in [5, 5.41) is 9.88. The van der Waals surface area contributed by atoms with Crippen LogP contribution in [0, 0.1) is 0 Å². The van der Waals surface area contributed by atoms with E-state index < -0.39 is 6.10 Å². The van der Waals surface area contributed by atoms with Gasteiger partial charge in [-0.05, 0) is 19.8 Å². The molecule has 1 N–H and O–H groups in total. The maximum atomic E-state index is 11.6. The summed E-state index contributed by atoms with van der Waals surface area (Å²) >= 11 is 0. The average molecular weight is 357 g/mol. The van der Waals surface area contributed by atoms with E-state index in [4.69, 9.17) is 4.74 Å². The largest absolute Gasteiger partial charge is 0.463 e. The van der Waals surface area contributed by atoms with E-state index in [0.29, 0.717) is 6.42 Å². The highest BCUT2D eigenvalue weighted by molar-refractivity contribution is 5.70.